The van der Waals surface area contributed by atoms with Crippen LogP contribution >= 0.6 is 15.9 Å². The number of carbonyl (C=O) groups excluding carboxylic acids is 1. The van der Waals surface area contributed by atoms with Gasteiger partial charge in [-0.25, -0.2) is 12.8 Å². The fraction of sp³-hybridized carbons (Fsp3) is 0.0714. The van der Waals surface area contributed by atoms with E-state index in [2.05, 4.69) is 21.2 Å². The van der Waals surface area contributed by atoms with Crippen LogP contribution in [0.15, 0.2) is 51.8 Å². The summed E-state index contributed by atoms with van der Waals surface area (Å²) in [6.07, 6.45) is 1.07. The van der Waals surface area contributed by atoms with Crippen molar-refractivity contribution in [2.24, 2.45) is 0 Å². The van der Waals surface area contributed by atoms with E-state index in [4.69, 9.17) is 0 Å². The Balaban J connectivity index is 2.30. The lowest BCUT2D eigenvalue weighted by molar-refractivity contribution is 0.102. The van der Waals surface area contributed by atoms with Crippen LogP contribution < -0.4 is 5.32 Å². The Hall–Kier alpha value is -1.73. The van der Waals surface area contributed by atoms with Crippen molar-refractivity contribution in [3.8, 4) is 0 Å². The molecule has 0 aliphatic heterocycles. The molecule has 0 aromatic heterocycles. The smallest absolute Gasteiger partial charge is 0.258 e. The van der Waals surface area contributed by atoms with Crippen molar-refractivity contribution in [3.63, 3.8) is 0 Å². The zero-order chi connectivity index (χ0) is 15.6. The molecule has 0 aliphatic rings. The summed E-state index contributed by atoms with van der Waals surface area (Å²) in [6.45, 7) is 0. The molecule has 0 bridgehead atoms. The molecule has 7 heteroatoms. The Morgan fingerprint density at radius 1 is 1.19 bits per heavy atom. The maximum absolute atomic E-state index is 13.8. The summed E-state index contributed by atoms with van der Waals surface area (Å²) in [5.41, 5.74) is 0.149. The molecule has 2 aromatic rings. The minimum atomic E-state index is -3.37. The lowest BCUT2D eigenvalue weighted by Gasteiger charge is -2.08. The summed E-state index contributed by atoms with van der Waals surface area (Å²) in [7, 11) is -3.37. The highest BCUT2D eigenvalue weighted by Gasteiger charge is 2.15. The van der Waals surface area contributed by atoms with Gasteiger partial charge in [0.1, 0.15) is 5.82 Å². The summed E-state index contributed by atoms with van der Waals surface area (Å²) in [6, 6.07) is 10.1. The van der Waals surface area contributed by atoms with Crippen molar-refractivity contribution in [1.82, 2.24) is 0 Å². The molecular weight excluding hydrogens is 361 g/mol. The fourth-order valence-electron chi connectivity index (χ4n) is 1.68. The van der Waals surface area contributed by atoms with Crippen LogP contribution in [0.25, 0.3) is 0 Å². The maximum atomic E-state index is 13.8. The number of sulfone groups is 1. The number of rotatable bonds is 3. The normalized spacial score (nSPS) is 11.2. The van der Waals surface area contributed by atoms with Crippen molar-refractivity contribution in [2.75, 3.05) is 11.6 Å². The molecule has 0 saturated carbocycles. The van der Waals surface area contributed by atoms with Gasteiger partial charge in [0.2, 0.25) is 0 Å². The van der Waals surface area contributed by atoms with E-state index in [9.17, 15) is 17.6 Å². The number of nitrogens with one attached hydrogen (secondary N) is 1. The van der Waals surface area contributed by atoms with Crippen LogP contribution in [-0.2, 0) is 9.84 Å². The van der Waals surface area contributed by atoms with Gasteiger partial charge < -0.3 is 5.32 Å². The highest BCUT2D eigenvalue weighted by Crippen LogP contribution is 2.21. The van der Waals surface area contributed by atoms with Gasteiger partial charge in [0, 0.05) is 11.9 Å². The van der Waals surface area contributed by atoms with Gasteiger partial charge in [0.15, 0.2) is 9.84 Å². The third-order valence-corrected chi connectivity index (χ3v) is 4.44. The first-order valence-electron chi connectivity index (χ1n) is 5.84. The molecule has 0 fully saturated rings. The standard InChI is InChI=1S/C14H11BrFNO3S/c1-21(19,20)10-5-2-4-9(8-10)17-14(18)11-6-3-7-12(15)13(11)16/h2-8H,1H3,(H,17,18). The highest BCUT2D eigenvalue weighted by atomic mass is 79.9. The van der Waals surface area contributed by atoms with Crippen molar-refractivity contribution >= 4 is 37.4 Å². The Morgan fingerprint density at radius 2 is 1.86 bits per heavy atom. The quantitative estimate of drug-likeness (QED) is 0.900. The van der Waals surface area contributed by atoms with Crippen molar-refractivity contribution in [1.29, 1.82) is 0 Å². The summed E-state index contributed by atoms with van der Waals surface area (Å²) in [4.78, 5) is 12.1. The first-order chi connectivity index (χ1) is 9.79. The second-order valence-corrected chi connectivity index (χ2v) is 7.23. The number of hydrogen-bond acceptors (Lipinski definition) is 3. The first kappa shape index (κ1) is 15.7. The minimum absolute atomic E-state index is 0.0787. The van der Waals surface area contributed by atoms with E-state index in [1.165, 1.54) is 42.5 Å². The lowest BCUT2D eigenvalue weighted by Crippen LogP contribution is -2.14. The summed E-state index contributed by atoms with van der Waals surface area (Å²) in [5, 5.41) is 2.47. The van der Waals surface area contributed by atoms with Crippen LogP contribution in [0.5, 0.6) is 0 Å². The Bertz CT molecular complexity index is 806. The molecule has 1 N–H and O–H groups in total. The van der Waals surface area contributed by atoms with E-state index in [1.807, 2.05) is 0 Å². The highest BCUT2D eigenvalue weighted by molar-refractivity contribution is 9.10. The molecule has 0 spiro atoms. The van der Waals surface area contributed by atoms with Gasteiger partial charge in [-0.05, 0) is 46.3 Å². The van der Waals surface area contributed by atoms with Gasteiger partial charge in [0.25, 0.3) is 5.91 Å². The molecule has 0 saturated heterocycles. The average molecular weight is 372 g/mol. The molecule has 0 atom stereocenters. The van der Waals surface area contributed by atoms with Crippen LogP contribution in [0.4, 0.5) is 10.1 Å². The first-order valence-corrected chi connectivity index (χ1v) is 8.53. The summed E-state index contributed by atoms with van der Waals surface area (Å²) >= 11 is 3.00. The lowest BCUT2D eigenvalue weighted by atomic mass is 10.2. The molecule has 2 aromatic carbocycles. The molecule has 4 nitrogen and oxygen atoms in total. The molecule has 1 amide bonds. The summed E-state index contributed by atoms with van der Waals surface area (Å²) in [5.74, 6) is -1.33. The summed E-state index contributed by atoms with van der Waals surface area (Å²) < 4.78 is 36.9. The van der Waals surface area contributed by atoms with Gasteiger partial charge in [-0.1, -0.05) is 12.1 Å². The van der Waals surface area contributed by atoms with E-state index in [-0.39, 0.29) is 20.6 Å². The van der Waals surface area contributed by atoms with Gasteiger partial charge >= 0.3 is 0 Å². The SMILES string of the molecule is CS(=O)(=O)c1cccc(NC(=O)c2cccc(Br)c2F)c1. The molecular formula is C14H11BrFNO3S. The zero-order valence-corrected chi connectivity index (χ0v) is 13.3. The number of hydrogen-bond donors (Lipinski definition) is 1. The van der Waals surface area contributed by atoms with Crippen LogP contribution in [0.2, 0.25) is 0 Å². The largest absolute Gasteiger partial charge is 0.322 e. The zero-order valence-electron chi connectivity index (χ0n) is 10.9. The van der Waals surface area contributed by atoms with Crippen molar-refractivity contribution in [2.45, 2.75) is 4.90 Å². The molecule has 0 radical (unpaired) electrons. The molecule has 0 unspecified atom stereocenters. The second-order valence-electron chi connectivity index (χ2n) is 4.36. The average Bonchev–Trinajstić information content (AvgIpc) is 2.41. The van der Waals surface area contributed by atoms with E-state index in [0.717, 1.165) is 6.26 Å². The van der Waals surface area contributed by atoms with Crippen LogP contribution in [-0.4, -0.2) is 20.6 Å². The fourth-order valence-corrected chi connectivity index (χ4v) is 2.72. The molecule has 0 aliphatic carbocycles. The maximum Gasteiger partial charge on any atom is 0.258 e. The van der Waals surface area contributed by atoms with E-state index < -0.39 is 21.6 Å². The van der Waals surface area contributed by atoms with E-state index >= 15 is 0 Å². The monoisotopic (exact) mass is 371 g/mol. The van der Waals surface area contributed by atoms with Gasteiger partial charge in [0.05, 0.1) is 14.9 Å². The Kier molecular flexibility index (Phi) is 4.43. The molecule has 110 valence electrons. The van der Waals surface area contributed by atoms with Crippen molar-refractivity contribution < 1.29 is 17.6 Å². The number of amides is 1. The number of anilines is 1. The number of benzene rings is 2. The minimum Gasteiger partial charge on any atom is -0.322 e. The van der Waals surface area contributed by atoms with Crippen molar-refractivity contribution in [3.05, 3.63) is 58.3 Å². The van der Waals surface area contributed by atoms with Gasteiger partial charge in [-0.2, -0.15) is 0 Å². The molecule has 2 rings (SSSR count). The van der Waals surface area contributed by atoms with Crippen LogP contribution in [0, 0.1) is 5.82 Å². The third kappa shape index (κ3) is 3.68. The Morgan fingerprint density at radius 3 is 2.52 bits per heavy atom. The van der Waals surface area contributed by atoms with Crippen LogP contribution in [0.3, 0.4) is 0 Å². The molecule has 0 heterocycles. The molecule has 21 heavy (non-hydrogen) atoms. The topological polar surface area (TPSA) is 63.2 Å². The third-order valence-electron chi connectivity index (χ3n) is 2.72. The predicted octanol–water partition coefficient (Wildman–Crippen LogP) is 3.24. The Labute approximate surface area is 130 Å². The number of halogens is 2. The van der Waals surface area contributed by atoms with Crippen LogP contribution in [0.1, 0.15) is 10.4 Å². The van der Waals surface area contributed by atoms with E-state index in [0.29, 0.717) is 0 Å². The number of carbonyl (C=O) groups is 1. The van der Waals surface area contributed by atoms with E-state index in [1.54, 1.807) is 0 Å². The van der Waals surface area contributed by atoms with Gasteiger partial charge in [-0.3, -0.25) is 4.79 Å². The van der Waals surface area contributed by atoms with Gasteiger partial charge in [-0.15, -0.1) is 0 Å². The predicted molar refractivity (Wildman–Crippen MR) is 81.6 cm³/mol. The second kappa shape index (κ2) is 5.95.